The molecule has 0 radical (unpaired) electrons. The molecule has 2 aromatic heterocycles. The molecular formula is C44H31NO2. The summed E-state index contributed by atoms with van der Waals surface area (Å²) in [5.74, 6) is 1.84. The molecule has 2 heterocycles. The van der Waals surface area contributed by atoms with Gasteiger partial charge < -0.3 is 8.83 Å². The van der Waals surface area contributed by atoms with E-state index in [1.165, 1.54) is 71.4 Å². The minimum atomic E-state index is 0.572. The van der Waals surface area contributed by atoms with Crippen LogP contribution in [0.5, 0.6) is 0 Å². The second kappa shape index (κ2) is 10.6. The molecular weight excluding hydrogens is 574 g/mol. The normalized spacial score (nSPS) is 11.7. The Labute approximate surface area is 273 Å². The Kier molecular flexibility index (Phi) is 6.16. The minimum Gasteiger partial charge on any atom is -0.461 e. The highest BCUT2D eigenvalue weighted by molar-refractivity contribution is 6.31. The van der Waals surface area contributed by atoms with E-state index in [2.05, 4.69) is 130 Å². The molecule has 3 heteroatoms. The summed E-state index contributed by atoms with van der Waals surface area (Å²) in [6.45, 7) is 6.59. The fraction of sp³-hybridized carbons (Fsp3) is 0.0682. The third-order valence-electron chi connectivity index (χ3n) is 9.70. The average molecular weight is 606 g/mol. The van der Waals surface area contributed by atoms with Crippen molar-refractivity contribution in [1.29, 1.82) is 0 Å². The molecule has 0 saturated carbocycles. The fourth-order valence-electron chi connectivity index (χ4n) is 7.40. The molecule has 0 spiro atoms. The smallest absolute Gasteiger partial charge is 0.227 e. The summed E-state index contributed by atoms with van der Waals surface area (Å²) in [4.78, 5) is 4.81. The molecule has 0 aliphatic rings. The predicted molar refractivity (Wildman–Crippen MR) is 194 cm³/mol. The average Bonchev–Trinajstić information content (AvgIpc) is 3.81. The van der Waals surface area contributed by atoms with E-state index < -0.39 is 0 Å². The summed E-state index contributed by atoms with van der Waals surface area (Å²) in [6, 6.07) is 43.6. The van der Waals surface area contributed by atoms with Gasteiger partial charge in [-0.05, 0) is 127 Å². The van der Waals surface area contributed by atoms with Gasteiger partial charge in [-0.3, -0.25) is 0 Å². The number of benzene rings is 7. The van der Waals surface area contributed by atoms with E-state index in [1.807, 2.05) is 12.1 Å². The SMILES string of the molecule is Cc1ccccc1-c1cc(-c2ncc(-c3ccco3)o2)c2ccc3c(-c4ccccc4C)cc(-c4ccccc4C)c4ccc1c2c34. The van der Waals surface area contributed by atoms with E-state index in [-0.39, 0.29) is 0 Å². The zero-order valence-corrected chi connectivity index (χ0v) is 26.5. The number of aromatic nitrogens is 1. The van der Waals surface area contributed by atoms with E-state index in [4.69, 9.17) is 13.8 Å². The van der Waals surface area contributed by atoms with E-state index >= 15 is 0 Å². The van der Waals surface area contributed by atoms with Crippen molar-refractivity contribution in [2.24, 2.45) is 0 Å². The van der Waals surface area contributed by atoms with Crippen molar-refractivity contribution in [2.75, 3.05) is 0 Å². The van der Waals surface area contributed by atoms with Crippen LogP contribution in [0.3, 0.4) is 0 Å². The largest absolute Gasteiger partial charge is 0.461 e. The maximum absolute atomic E-state index is 6.44. The highest BCUT2D eigenvalue weighted by atomic mass is 16.4. The van der Waals surface area contributed by atoms with Crippen LogP contribution in [0.1, 0.15) is 16.7 Å². The number of nitrogens with zero attached hydrogens (tertiary/aromatic N) is 1. The number of rotatable bonds is 5. The van der Waals surface area contributed by atoms with Crippen molar-refractivity contribution >= 4 is 32.3 Å². The molecule has 224 valence electrons. The molecule has 0 saturated heterocycles. The van der Waals surface area contributed by atoms with E-state index in [1.54, 1.807) is 12.5 Å². The Hall–Kier alpha value is -5.93. The number of furan rings is 1. The predicted octanol–water partition coefficient (Wildman–Crippen LogP) is 12.4. The summed E-state index contributed by atoms with van der Waals surface area (Å²) in [6.07, 6.45) is 3.41. The number of hydrogen-bond acceptors (Lipinski definition) is 3. The van der Waals surface area contributed by atoms with Crippen LogP contribution in [-0.2, 0) is 0 Å². The summed E-state index contributed by atoms with van der Waals surface area (Å²) < 4.78 is 12.1. The van der Waals surface area contributed by atoms with Crippen molar-refractivity contribution in [3.63, 3.8) is 0 Å². The van der Waals surface area contributed by atoms with Crippen LogP contribution in [0.25, 0.3) is 88.7 Å². The van der Waals surface area contributed by atoms with Crippen molar-refractivity contribution in [2.45, 2.75) is 20.8 Å². The second-order valence-corrected chi connectivity index (χ2v) is 12.5. The van der Waals surface area contributed by atoms with Gasteiger partial charge in [-0.25, -0.2) is 4.98 Å². The number of hydrogen-bond donors (Lipinski definition) is 0. The first-order chi connectivity index (χ1) is 23.1. The molecule has 0 atom stereocenters. The second-order valence-electron chi connectivity index (χ2n) is 12.5. The van der Waals surface area contributed by atoms with Gasteiger partial charge in [0.25, 0.3) is 0 Å². The van der Waals surface area contributed by atoms with Crippen molar-refractivity contribution in [3.05, 3.63) is 150 Å². The Morgan fingerprint density at radius 1 is 0.426 bits per heavy atom. The molecule has 0 bridgehead atoms. The van der Waals surface area contributed by atoms with Gasteiger partial charge in [0.05, 0.1) is 12.5 Å². The highest BCUT2D eigenvalue weighted by Gasteiger charge is 2.23. The molecule has 0 N–H and O–H groups in total. The summed E-state index contributed by atoms with van der Waals surface area (Å²) in [5.41, 5.74) is 12.0. The Morgan fingerprint density at radius 3 is 1.32 bits per heavy atom. The molecule has 0 amide bonds. The van der Waals surface area contributed by atoms with Crippen LogP contribution < -0.4 is 0 Å². The first-order valence-corrected chi connectivity index (χ1v) is 16.0. The molecule has 0 aliphatic carbocycles. The van der Waals surface area contributed by atoms with Crippen molar-refractivity contribution in [3.8, 4) is 56.4 Å². The molecule has 3 nitrogen and oxygen atoms in total. The zero-order valence-electron chi connectivity index (χ0n) is 26.5. The quantitative estimate of drug-likeness (QED) is 0.183. The molecule has 9 rings (SSSR count). The Balaban J connectivity index is 1.46. The lowest BCUT2D eigenvalue weighted by Gasteiger charge is -2.22. The lowest BCUT2D eigenvalue weighted by Crippen LogP contribution is -1.96. The van der Waals surface area contributed by atoms with Crippen LogP contribution in [0.2, 0.25) is 0 Å². The van der Waals surface area contributed by atoms with Gasteiger partial charge in [-0.1, -0.05) is 97.1 Å². The topological polar surface area (TPSA) is 39.2 Å². The number of aryl methyl sites for hydroxylation is 3. The molecule has 0 aliphatic heterocycles. The van der Waals surface area contributed by atoms with Gasteiger partial charge in [0.15, 0.2) is 11.5 Å². The van der Waals surface area contributed by atoms with E-state index in [0.29, 0.717) is 17.4 Å². The van der Waals surface area contributed by atoms with E-state index in [0.717, 1.165) is 16.5 Å². The van der Waals surface area contributed by atoms with Crippen LogP contribution in [0.15, 0.2) is 143 Å². The highest BCUT2D eigenvalue weighted by Crippen LogP contribution is 2.49. The van der Waals surface area contributed by atoms with Gasteiger partial charge in [0, 0.05) is 5.56 Å². The lowest BCUT2D eigenvalue weighted by molar-refractivity contribution is 0.529. The van der Waals surface area contributed by atoms with Gasteiger partial charge >= 0.3 is 0 Å². The summed E-state index contributed by atoms with van der Waals surface area (Å²) in [7, 11) is 0. The summed E-state index contributed by atoms with van der Waals surface area (Å²) in [5, 5.41) is 7.28. The first-order valence-electron chi connectivity index (χ1n) is 16.0. The lowest BCUT2D eigenvalue weighted by atomic mass is 9.81. The molecule has 47 heavy (non-hydrogen) atoms. The molecule has 0 unspecified atom stereocenters. The third kappa shape index (κ3) is 4.24. The van der Waals surface area contributed by atoms with Crippen LogP contribution >= 0.6 is 0 Å². The maximum atomic E-state index is 6.44. The number of oxazole rings is 1. The zero-order chi connectivity index (χ0) is 31.6. The van der Waals surface area contributed by atoms with E-state index in [9.17, 15) is 0 Å². The summed E-state index contributed by atoms with van der Waals surface area (Å²) >= 11 is 0. The van der Waals surface area contributed by atoms with Crippen molar-refractivity contribution in [1.82, 2.24) is 4.98 Å². The van der Waals surface area contributed by atoms with Gasteiger partial charge in [0.1, 0.15) is 0 Å². The standard InChI is InChI=1S/C44H31NO2/c1-26-11-4-7-14-29(26)36-23-37(30-15-8-5-12-27(30)2)33-20-21-35-39(44-45-25-41(47-44)40-17-10-22-46-40)24-38(31-16-9-6-13-28(31)3)34-19-18-32(36)42(33)43(34)35/h4-25H,1-3H3. The fourth-order valence-corrected chi connectivity index (χ4v) is 7.40. The Bertz CT molecular complexity index is 2540. The monoisotopic (exact) mass is 605 g/mol. The maximum Gasteiger partial charge on any atom is 0.227 e. The third-order valence-corrected chi connectivity index (χ3v) is 9.70. The first kappa shape index (κ1) is 27.4. The van der Waals surface area contributed by atoms with Gasteiger partial charge in [-0.2, -0.15) is 0 Å². The van der Waals surface area contributed by atoms with Gasteiger partial charge in [0.2, 0.25) is 5.89 Å². The van der Waals surface area contributed by atoms with Crippen LogP contribution in [0.4, 0.5) is 0 Å². The van der Waals surface area contributed by atoms with Crippen LogP contribution in [0, 0.1) is 20.8 Å². The molecule has 7 aromatic carbocycles. The molecule has 9 aromatic rings. The van der Waals surface area contributed by atoms with Gasteiger partial charge in [-0.15, -0.1) is 0 Å². The van der Waals surface area contributed by atoms with Crippen LogP contribution in [-0.4, -0.2) is 4.98 Å². The molecule has 0 fully saturated rings. The minimum absolute atomic E-state index is 0.572. The van der Waals surface area contributed by atoms with Crippen molar-refractivity contribution < 1.29 is 8.83 Å². The Morgan fingerprint density at radius 2 is 0.872 bits per heavy atom.